The zero-order valence-electron chi connectivity index (χ0n) is 15.5. The molecule has 0 bridgehead atoms. The molecule has 0 aliphatic rings. The van der Waals surface area contributed by atoms with Crippen molar-refractivity contribution >= 4 is 0 Å². The van der Waals surface area contributed by atoms with Crippen molar-refractivity contribution in [2.75, 3.05) is 14.2 Å². The molecule has 0 fully saturated rings. The minimum Gasteiger partial charge on any atom is -0.522 e. The summed E-state index contributed by atoms with van der Waals surface area (Å²) >= 11 is 0. The first-order valence-corrected chi connectivity index (χ1v) is 7.96. The van der Waals surface area contributed by atoms with Crippen LogP contribution in [0.3, 0.4) is 0 Å². The Morgan fingerprint density at radius 2 is 1.04 bits per heavy atom. The summed E-state index contributed by atoms with van der Waals surface area (Å²) in [4.78, 5) is 0. The maximum Gasteiger partial charge on any atom is 1.00 e. The summed E-state index contributed by atoms with van der Waals surface area (Å²) in [5, 5.41) is 0. The second kappa shape index (κ2) is 8.29. The molecule has 2 nitrogen and oxygen atoms in total. The fourth-order valence-corrected chi connectivity index (χ4v) is 2.99. The van der Waals surface area contributed by atoms with E-state index >= 15 is 0 Å². The minimum atomic E-state index is 0. The first kappa shape index (κ1) is 19.2. The maximum absolute atomic E-state index is 5.58. The van der Waals surface area contributed by atoms with Crippen molar-refractivity contribution < 1.29 is 28.3 Å². The van der Waals surface area contributed by atoms with Gasteiger partial charge in [-0.05, 0) is 13.8 Å². The second-order valence-corrected chi connectivity index (χ2v) is 5.79. The molecule has 0 saturated carbocycles. The fraction of sp³-hybridized carbons (Fsp3) is 0.182. The molecule has 0 N–H and O–H groups in total. The Bertz CT molecular complexity index is 803. The Balaban J connectivity index is 0.00000225. The van der Waals surface area contributed by atoms with Crippen LogP contribution in [0.15, 0.2) is 54.6 Å². The first-order valence-electron chi connectivity index (χ1n) is 7.96. The van der Waals surface area contributed by atoms with E-state index in [1.807, 2.05) is 24.3 Å². The van der Waals surface area contributed by atoms with Crippen LogP contribution in [0.25, 0.3) is 22.3 Å². The molecule has 3 rings (SSSR count). The summed E-state index contributed by atoms with van der Waals surface area (Å²) in [6.45, 7) is 4.21. The second-order valence-electron chi connectivity index (χ2n) is 5.79. The van der Waals surface area contributed by atoms with Crippen LogP contribution in [-0.4, -0.2) is 14.2 Å². The van der Waals surface area contributed by atoms with Crippen molar-refractivity contribution in [2.45, 2.75) is 13.8 Å². The molecule has 0 spiro atoms. The monoisotopic (exact) mass is 324 g/mol. The zero-order chi connectivity index (χ0) is 17.1. The molecule has 0 saturated heterocycles. The molecule has 0 aliphatic carbocycles. The Morgan fingerprint density at radius 1 is 0.640 bits per heavy atom. The topological polar surface area (TPSA) is 18.5 Å². The van der Waals surface area contributed by atoms with Gasteiger partial charge in [0.05, 0.1) is 14.2 Å². The molecule has 122 valence electrons. The van der Waals surface area contributed by atoms with Crippen LogP contribution in [-0.2, 0) is 0 Å². The van der Waals surface area contributed by atoms with E-state index in [4.69, 9.17) is 9.47 Å². The Morgan fingerprint density at radius 3 is 1.40 bits per heavy atom. The summed E-state index contributed by atoms with van der Waals surface area (Å²) in [6.07, 6.45) is 0. The van der Waals surface area contributed by atoms with Gasteiger partial charge in [-0.25, -0.2) is 0 Å². The molecule has 0 aromatic heterocycles. The largest absolute Gasteiger partial charge is 1.00 e. The van der Waals surface area contributed by atoms with Crippen LogP contribution in [0, 0.1) is 19.9 Å². The quantitative estimate of drug-likeness (QED) is 0.542. The van der Waals surface area contributed by atoms with E-state index in [9.17, 15) is 0 Å². The number of hydrogen-bond donors (Lipinski definition) is 0. The van der Waals surface area contributed by atoms with Crippen LogP contribution in [0.1, 0.15) is 11.1 Å². The van der Waals surface area contributed by atoms with E-state index in [1.165, 1.54) is 11.1 Å². The summed E-state index contributed by atoms with van der Waals surface area (Å²) in [7, 11) is 3.33. The number of rotatable bonds is 4. The normalized spacial score (nSPS) is 10.1. The summed E-state index contributed by atoms with van der Waals surface area (Å²) in [5.41, 5.74) is 6.73. The van der Waals surface area contributed by atoms with Gasteiger partial charge in [0.25, 0.3) is 0 Å². The molecular weight excluding hydrogens is 303 g/mol. The van der Waals surface area contributed by atoms with E-state index in [0.717, 1.165) is 22.3 Å². The SMILES string of the molecule is COc1[c-]c(OC)c(-c2ccccc2C)cc1-c1ccccc1C.[Li+]. The van der Waals surface area contributed by atoms with E-state index in [-0.39, 0.29) is 18.9 Å². The third kappa shape index (κ3) is 3.76. The number of aryl methyl sites for hydroxylation is 2. The van der Waals surface area contributed by atoms with Crippen LogP contribution < -0.4 is 28.3 Å². The molecule has 0 aliphatic heterocycles. The minimum absolute atomic E-state index is 0. The number of ether oxygens (including phenoxy) is 2. The zero-order valence-corrected chi connectivity index (χ0v) is 15.5. The third-order valence-electron chi connectivity index (χ3n) is 4.28. The van der Waals surface area contributed by atoms with E-state index in [1.54, 1.807) is 14.2 Å². The van der Waals surface area contributed by atoms with Gasteiger partial charge in [0.2, 0.25) is 0 Å². The molecule has 3 heteroatoms. The van der Waals surface area contributed by atoms with Gasteiger partial charge in [-0.3, -0.25) is 0 Å². The molecule has 3 aromatic rings. The summed E-state index contributed by atoms with van der Waals surface area (Å²) in [6, 6.07) is 22.0. The Hall–Kier alpha value is -2.14. The number of methoxy groups -OCH3 is 2. The average Bonchev–Trinajstić information content (AvgIpc) is 2.61. The molecule has 0 unspecified atom stereocenters. The van der Waals surface area contributed by atoms with E-state index in [0.29, 0.717) is 11.5 Å². The van der Waals surface area contributed by atoms with Crippen molar-refractivity contribution in [3.05, 3.63) is 71.8 Å². The van der Waals surface area contributed by atoms with Gasteiger partial charge in [0, 0.05) is 11.5 Å². The molecule has 25 heavy (non-hydrogen) atoms. The van der Waals surface area contributed by atoms with Gasteiger partial charge < -0.3 is 9.47 Å². The van der Waals surface area contributed by atoms with Gasteiger partial charge in [0.1, 0.15) is 0 Å². The molecule has 0 atom stereocenters. The average molecular weight is 324 g/mol. The molecular formula is C22H21LiO2. The van der Waals surface area contributed by atoms with Gasteiger partial charge in [-0.2, -0.15) is 6.07 Å². The number of hydrogen-bond acceptors (Lipinski definition) is 2. The van der Waals surface area contributed by atoms with E-state index < -0.39 is 0 Å². The van der Waals surface area contributed by atoms with Crippen LogP contribution >= 0.6 is 0 Å². The molecule has 0 heterocycles. The summed E-state index contributed by atoms with van der Waals surface area (Å²) in [5.74, 6) is 1.39. The Kier molecular flexibility index (Phi) is 6.37. The first-order chi connectivity index (χ1) is 11.7. The van der Waals surface area contributed by atoms with Gasteiger partial charge in [-0.15, -0.1) is 0 Å². The third-order valence-corrected chi connectivity index (χ3v) is 4.28. The van der Waals surface area contributed by atoms with Crippen LogP contribution in [0.2, 0.25) is 0 Å². The predicted molar refractivity (Wildman–Crippen MR) is 98.7 cm³/mol. The van der Waals surface area contributed by atoms with Gasteiger partial charge >= 0.3 is 18.9 Å². The van der Waals surface area contributed by atoms with Crippen molar-refractivity contribution in [3.8, 4) is 33.8 Å². The fourth-order valence-electron chi connectivity index (χ4n) is 2.99. The maximum atomic E-state index is 5.58. The molecule has 0 amide bonds. The van der Waals surface area contributed by atoms with Crippen LogP contribution in [0.4, 0.5) is 0 Å². The van der Waals surface area contributed by atoms with Gasteiger partial charge in [0.15, 0.2) is 0 Å². The van der Waals surface area contributed by atoms with Crippen molar-refractivity contribution in [2.24, 2.45) is 0 Å². The predicted octanol–water partition coefficient (Wildman–Crippen LogP) is 2.46. The van der Waals surface area contributed by atoms with E-state index in [2.05, 4.69) is 50.2 Å². The van der Waals surface area contributed by atoms with Crippen molar-refractivity contribution in [3.63, 3.8) is 0 Å². The van der Waals surface area contributed by atoms with Gasteiger partial charge in [-0.1, -0.05) is 88.0 Å². The Labute approximate surface area is 162 Å². The molecule has 0 radical (unpaired) electrons. The smallest absolute Gasteiger partial charge is 0.522 e. The van der Waals surface area contributed by atoms with Crippen molar-refractivity contribution in [1.82, 2.24) is 0 Å². The summed E-state index contributed by atoms with van der Waals surface area (Å²) < 4.78 is 11.2. The van der Waals surface area contributed by atoms with Crippen LogP contribution in [0.5, 0.6) is 11.5 Å². The van der Waals surface area contributed by atoms with Crippen molar-refractivity contribution in [1.29, 1.82) is 0 Å². The standard InChI is InChI=1S/C22H21O2.Li/c1-15-9-5-7-11-17(15)19-13-20(18-12-8-6-10-16(18)2)22(24-4)14-21(19)23-3;/h5-13H,1-4H3;/q-1;+1. The molecule has 3 aromatic carbocycles. The number of benzene rings is 3.